The fraction of sp³-hybridized carbons (Fsp3) is 0.333. The van der Waals surface area contributed by atoms with Gasteiger partial charge in [-0.3, -0.25) is 4.79 Å². The second-order valence-corrected chi connectivity index (χ2v) is 4.27. The van der Waals surface area contributed by atoms with Crippen LogP contribution in [0.4, 0.5) is 5.69 Å². The molecule has 5 heteroatoms. The number of halogens is 1. The van der Waals surface area contributed by atoms with E-state index in [-0.39, 0.29) is 22.4 Å². The lowest BCUT2D eigenvalue weighted by atomic mass is 10.1. The van der Waals surface area contributed by atoms with Crippen LogP contribution < -0.4 is 5.32 Å². The summed E-state index contributed by atoms with van der Waals surface area (Å²) in [5.74, 6) is -1.35. The van der Waals surface area contributed by atoms with Crippen molar-refractivity contribution in [3.8, 4) is 0 Å². The van der Waals surface area contributed by atoms with E-state index in [9.17, 15) is 9.59 Å². The van der Waals surface area contributed by atoms with Gasteiger partial charge in [-0.05, 0) is 24.6 Å². The van der Waals surface area contributed by atoms with Crippen molar-refractivity contribution in [3.63, 3.8) is 0 Å². The first-order valence-corrected chi connectivity index (χ1v) is 5.66. The first kappa shape index (κ1) is 13.5. The summed E-state index contributed by atoms with van der Waals surface area (Å²) in [5.41, 5.74) is 0.456. The van der Waals surface area contributed by atoms with Crippen LogP contribution in [0.15, 0.2) is 18.2 Å². The third-order valence-corrected chi connectivity index (χ3v) is 2.69. The Morgan fingerprint density at radius 3 is 2.59 bits per heavy atom. The molecule has 0 bridgehead atoms. The molecule has 0 saturated carbocycles. The van der Waals surface area contributed by atoms with E-state index in [0.29, 0.717) is 5.69 Å². The Morgan fingerprint density at radius 2 is 2.06 bits per heavy atom. The van der Waals surface area contributed by atoms with Crippen LogP contribution in [0.3, 0.4) is 0 Å². The summed E-state index contributed by atoms with van der Waals surface area (Å²) in [7, 11) is 0. The third kappa shape index (κ3) is 3.75. The Hall–Kier alpha value is -1.55. The predicted molar refractivity (Wildman–Crippen MR) is 66.5 cm³/mol. The average molecular weight is 256 g/mol. The standard InChI is InChI=1S/C12H14ClNO3/c1-3-7(2)11(15)14-10-5-8(12(16)17)4-9(13)6-10/h4-7H,3H2,1-2H3,(H,14,15)(H,16,17). The van der Waals surface area contributed by atoms with Crippen LogP contribution in [0.2, 0.25) is 5.02 Å². The largest absolute Gasteiger partial charge is 0.478 e. The zero-order chi connectivity index (χ0) is 13.0. The van der Waals surface area contributed by atoms with Gasteiger partial charge in [-0.2, -0.15) is 0 Å². The van der Waals surface area contributed by atoms with Gasteiger partial charge in [-0.15, -0.1) is 0 Å². The van der Waals surface area contributed by atoms with Crippen molar-refractivity contribution in [2.75, 3.05) is 5.32 Å². The number of anilines is 1. The van der Waals surface area contributed by atoms with Crippen LogP contribution in [0.1, 0.15) is 30.6 Å². The quantitative estimate of drug-likeness (QED) is 0.869. The zero-order valence-corrected chi connectivity index (χ0v) is 10.4. The van der Waals surface area contributed by atoms with Crippen LogP contribution in [0, 0.1) is 5.92 Å². The summed E-state index contributed by atoms with van der Waals surface area (Å²) >= 11 is 5.78. The normalized spacial score (nSPS) is 11.9. The second kappa shape index (κ2) is 5.68. The summed E-state index contributed by atoms with van der Waals surface area (Å²) in [6.45, 7) is 3.71. The van der Waals surface area contributed by atoms with E-state index in [1.165, 1.54) is 18.2 Å². The van der Waals surface area contributed by atoms with Crippen LogP contribution in [0.25, 0.3) is 0 Å². The van der Waals surface area contributed by atoms with Gasteiger partial charge in [0, 0.05) is 16.6 Å². The molecule has 17 heavy (non-hydrogen) atoms. The summed E-state index contributed by atoms with van der Waals surface area (Å²) in [6, 6.07) is 4.24. The number of carbonyl (C=O) groups is 2. The summed E-state index contributed by atoms with van der Waals surface area (Å²) in [6.07, 6.45) is 0.720. The van der Waals surface area contributed by atoms with Crippen molar-refractivity contribution in [1.29, 1.82) is 0 Å². The fourth-order valence-electron chi connectivity index (χ4n) is 1.24. The van der Waals surface area contributed by atoms with E-state index >= 15 is 0 Å². The van der Waals surface area contributed by atoms with Crippen LogP contribution in [-0.2, 0) is 4.79 Å². The molecule has 0 aliphatic carbocycles. The van der Waals surface area contributed by atoms with Gasteiger partial charge in [-0.1, -0.05) is 25.4 Å². The van der Waals surface area contributed by atoms with Gasteiger partial charge in [0.1, 0.15) is 0 Å². The summed E-state index contributed by atoms with van der Waals surface area (Å²) in [5, 5.41) is 11.8. The fourth-order valence-corrected chi connectivity index (χ4v) is 1.47. The molecule has 1 unspecified atom stereocenters. The molecular weight excluding hydrogens is 242 g/mol. The van der Waals surface area contributed by atoms with Crippen LogP contribution in [0.5, 0.6) is 0 Å². The molecule has 1 rings (SSSR count). The van der Waals surface area contributed by atoms with E-state index in [1.54, 1.807) is 6.92 Å². The number of carboxylic acids is 1. The first-order chi connectivity index (χ1) is 7.93. The van der Waals surface area contributed by atoms with Gasteiger partial charge >= 0.3 is 5.97 Å². The molecule has 0 fully saturated rings. The van der Waals surface area contributed by atoms with Gasteiger partial charge in [-0.25, -0.2) is 4.79 Å². The molecule has 0 radical (unpaired) electrons. The van der Waals surface area contributed by atoms with Crippen LogP contribution in [-0.4, -0.2) is 17.0 Å². The minimum absolute atomic E-state index is 0.0527. The second-order valence-electron chi connectivity index (χ2n) is 3.83. The van der Waals surface area contributed by atoms with Crippen LogP contribution >= 0.6 is 11.6 Å². The van der Waals surface area contributed by atoms with Crippen molar-refractivity contribution in [3.05, 3.63) is 28.8 Å². The Morgan fingerprint density at radius 1 is 1.41 bits per heavy atom. The number of nitrogens with one attached hydrogen (secondary N) is 1. The highest BCUT2D eigenvalue weighted by atomic mass is 35.5. The molecule has 0 aromatic heterocycles. The molecule has 1 amide bonds. The maximum Gasteiger partial charge on any atom is 0.335 e. The number of hydrogen-bond donors (Lipinski definition) is 2. The number of carboxylic acid groups (broad SMARTS) is 1. The van der Waals surface area contributed by atoms with E-state index in [1.807, 2.05) is 6.92 Å². The lowest BCUT2D eigenvalue weighted by Crippen LogP contribution is -2.19. The third-order valence-electron chi connectivity index (χ3n) is 2.47. The van der Waals surface area contributed by atoms with Gasteiger partial charge in [0.15, 0.2) is 0 Å². The predicted octanol–water partition coefficient (Wildman–Crippen LogP) is 3.02. The highest BCUT2D eigenvalue weighted by Crippen LogP contribution is 2.20. The van der Waals surface area contributed by atoms with Crippen molar-refractivity contribution >= 4 is 29.2 Å². The molecule has 1 aromatic rings. The van der Waals surface area contributed by atoms with Gasteiger partial charge in [0.25, 0.3) is 0 Å². The van der Waals surface area contributed by atoms with Gasteiger partial charge in [0.05, 0.1) is 5.56 Å². The monoisotopic (exact) mass is 255 g/mol. The maximum absolute atomic E-state index is 11.6. The number of aromatic carboxylic acids is 1. The molecule has 2 N–H and O–H groups in total. The average Bonchev–Trinajstić information content (AvgIpc) is 2.26. The lowest BCUT2D eigenvalue weighted by Gasteiger charge is -2.10. The first-order valence-electron chi connectivity index (χ1n) is 5.28. The minimum atomic E-state index is -1.08. The molecule has 4 nitrogen and oxygen atoms in total. The summed E-state index contributed by atoms with van der Waals surface area (Å²) in [4.78, 5) is 22.4. The number of carbonyl (C=O) groups excluding carboxylic acids is 1. The Balaban J connectivity index is 2.92. The molecule has 0 aliphatic rings. The molecule has 0 heterocycles. The lowest BCUT2D eigenvalue weighted by molar-refractivity contribution is -0.119. The van der Waals surface area contributed by atoms with Gasteiger partial charge in [0.2, 0.25) is 5.91 Å². The Bertz CT molecular complexity index is 445. The zero-order valence-electron chi connectivity index (χ0n) is 9.66. The summed E-state index contributed by atoms with van der Waals surface area (Å²) < 4.78 is 0. The van der Waals surface area contributed by atoms with Gasteiger partial charge < -0.3 is 10.4 Å². The SMILES string of the molecule is CCC(C)C(=O)Nc1cc(Cl)cc(C(=O)O)c1. The van der Waals surface area contributed by atoms with E-state index < -0.39 is 5.97 Å². The van der Waals surface area contributed by atoms with E-state index in [2.05, 4.69) is 5.32 Å². The molecule has 92 valence electrons. The molecule has 1 atom stereocenters. The van der Waals surface area contributed by atoms with E-state index in [0.717, 1.165) is 6.42 Å². The number of benzene rings is 1. The number of rotatable bonds is 4. The minimum Gasteiger partial charge on any atom is -0.478 e. The molecular formula is C12H14ClNO3. The van der Waals surface area contributed by atoms with Crippen molar-refractivity contribution < 1.29 is 14.7 Å². The highest BCUT2D eigenvalue weighted by Gasteiger charge is 2.12. The Labute approximate surface area is 105 Å². The number of amides is 1. The maximum atomic E-state index is 11.6. The molecule has 0 aliphatic heterocycles. The van der Waals surface area contributed by atoms with Crippen molar-refractivity contribution in [2.45, 2.75) is 20.3 Å². The highest BCUT2D eigenvalue weighted by molar-refractivity contribution is 6.31. The molecule has 0 spiro atoms. The molecule has 0 saturated heterocycles. The topological polar surface area (TPSA) is 66.4 Å². The number of hydrogen-bond acceptors (Lipinski definition) is 2. The Kier molecular flexibility index (Phi) is 4.52. The molecule has 1 aromatic carbocycles. The van der Waals surface area contributed by atoms with Crippen molar-refractivity contribution in [2.24, 2.45) is 5.92 Å². The van der Waals surface area contributed by atoms with Crippen molar-refractivity contribution in [1.82, 2.24) is 0 Å². The smallest absolute Gasteiger partial charge is 0.335 e. The van der Waals surface area contributed by atoms with E-state index in [4.69, 9.17) is 16.7 Å².